The first kappa shape index (κ1) is 22.2. The molecule has 0 spiro atoms. The lowest BCUT2D eigenvalue weighted by Gasteiger charge is -2.16. The number of carbonyl (C=O) groups is 1. The van der Waals surface area contributed by atoms with Crippen LogP contribution in [-0.4, -0.2) is 30.0 Å². The van der Waals surface area contributed by atoms with E-state index in [1.54, 1.807) is 12.0 Å². The Kier molecular flexibility index (Phi) is 7.39. The Morgan fingerprint density at radius 1 is 1.13 bits per heavy atom. The second-order valence-corrected chi connectivity index (χ2v) is 8.37. The van der Waals surface area contributed by atoms with Gasteiger partial charge < -0.3 is 14.2 Å². The molecule has 7 heteroatoms. The van der Waals surface area contributed by atoms with Gasteiger partial charge in [-0.3, -0.25) is 9.69 Å². The van der Waals surface area contributed by atoms with Gasteiger partial charge in [0.2, 0.25) is 0 Å². The van der Waals surface area contributed by atoms with E-state index < -0.39 is 0 Å². The fraction of sp³-hybridized carbons (Fsp3) is 0.304. The molecule has 0 saturated carbocycles. The third kappa shape index (κ3) is 4.96. The number of amides is 1. The average Bonchev–Trinajstić information content (AvgIpc) is 3.02. The Morgan fingerprint density at radius 3 is 2.50 bits per heavy atom. The van der Waals surface area contributed by atoms with Crippen molar-refractivity contribution in [3.8, 4) is 17.2 Å². The van der Waals surface area contributed by atoms with Gasteiger partial charge in [0, 0.05) is 0 Å². The number of carbonyl (C=O) groups excluding carboxylic acids is 1. The van der Waals surface area contributed by atoms with Gasteiger partial charge >= 0.3 is 0 Å². The number of benzene rings is 2. The molecule has 1 atom stereocenters. The molecule has 1 saturated heterocycles. The third-order valence-corrected chi connectivity index (χ3v) is 5.89. The van der Waals surface area contributed by atoms with Gasteiger partial charge in [-0.2, -0.15) is 0 Å². The Labute approximate surface area is 187 Å². The van der Waals surface area contributed by atoms with E-state index in [1.165, 1.54) is 11.8 Å². The second-order valence-electron chi connectivity index (χ2n) is 6.69. The first-order chi connectivity index (χ1) is 14.5. The zero-order valence-corrected chi connectivity index (χ0v) is 19.1. The highest BCUT2D eigenvalue weighted by molar-refractivity contribution is 8.27. The standard InChI is InChI=1S/C23H25NO4S2/c1-5-15(3)28-19-12-7-16(13-20(19)26-4)14-21-22(25)24(23(29)30-21)17-8-10-18(11-9-17)27-6-2/h7-15H,5-6H2,1-4H3/b21-14-/t15-/m1/s1. The third-order valence-electron chi connectivity index (χ3n) is 4.59. The number of hydrogen-bond acceptors (Lipinski definition) is 6. The van der Waals surface area contributed by atoms with Crippen LogP contribution in [0.1, 0.15) is 32.8 Å². The second kappa shape index (κ2) is 10.00. The van der Waals surface area contributed by atoms with Crippen molar-refractivity contribution in [3.63, 3.8) is 0 Å². The van der Waals surface area contributed by atoms with Gasteiger partial charge in [-0.05, 0) is 68.3 Å². The van der Waals surface area contributed by atoms with Crippen LogP contribution in [0, 0.1) is 0 Å². The van der Waals surface area contributed by atoms with Crippen molar-refractivity contribution in [2.45, 2.75) is 33.3 Å². The first-order valence-corrected chi connectivity index (χ1v) is 11.0. The highest BCUT2D eigenvalue weighted by Gasteiger charge is 2.33. The van der Waals surface area contributed by atoms with Crippen LogP contribution < -0.4 is 19.1 Å². The lowest BCUT2D eigenvalue weighted by atomic mass is 10.1. The van der Waals surface area contributed by atoms with E-state index in [2.05, 4.69) is 6.92 Å². The molecule has 0 N–H and O–H groups in total. The Bertz CT molecular complexity index is 956. The number of rotatable bonds is 8. The van der Waals surface area contributed by atoms with Crippen molar-refractivity contribution < 1.29 is 19.0 Å². The van der Waals surface area contributed by atoms with Crippen LogP contribution in [0.25, 0.3) is 6.08 Å². The van der Waals surface area contributed by atoms with Crippen molar-refractivity contribution in [1.82, 2.24) is 0 Å². The molecule has 1 aliphatic rings. The van der Waals surface area contributed by atoms with E-state index in [0.717, 1.165) is 23.4 Å². The summed E-state index contributed by atoms with van der Waals surface area (Å²) in [5, 5.41) is 0. The molecule has 0 aromatic heterocycles. The van der Waals surface area contributed by atoms with E-state index in [9.17, 15) is 4.79 Å². The molecule has 0 unspecified atom stereocenters. The van der Waals surface area contributed by atoms with Crippen molar-refractivity contribution in [1.29, 1.82) is 0 Å². The predicted octanol–water partition coefficient (Wildman–Crippen LogP) is 5.68. The van der Waals surface area contributed by atoms with E-state index in [4.69, 9.17) is 26.4 Å². The van der Waals surface area contributed by atoms with Crippen molar-refractivity contribution in [3.05, 3.63) is 52.9 Å². The Hall–Kier alpha value is -2.51. The van der Waals surface area contributed by atoms with E-state index in [1.807, 2.05) is 62.4 Å². The molecule has 2 aromatic carbocycles. The zero-order valence-electron chi connectivity index (χ0n) is 17.5. The van der Waals surface area contributed by atoms with Crippen LogP contribution in [0.15, 0.2) is 47.4 Å². The van der Waals surface area contributed by atoms with Crippen molar-refractivity contribution in [2.75, 3.05) is 18.6 Å². The number of thiocarbonyl (C=S) groups is 1. The maximum Gasteiger partial charge on any atom is 0.270 e. The van der Waals surface area contributed by atoms with Gasteiger partial charge in [0.25, 0.3) is 5.91 Å². The summed E-state index contributed by atoms with van der Waals surface area (Å²) in [6, 6.07) is 13.0. The molecule has 5 nitrogen and oxygen atoms in total. The summed E-state index contributed by atoms with van der Waals surface area (Å²) < 4.78 is 17.3. The lowest BCUT2D eigenvalue weighted by Crippen LogP contribution is -2.27. The largest absolute Gasteiger partial charge is 0.494 e. The van der Waals surface area contributed by atoms with Gasteiger partial charge in [-0.1, -0.05) is 37.0 Å². The van der Waals surface area contributed by atoms with Gasteiger partial charge in [-0.15, -0.1) is 0 Å². The Balaban J connectivity index is 1.82. The molecule has 30 heavy (non-hydrogen) atoms. The summed E-state index contributed by atoms with van der Waals surface area (Å²) >= 11 is 6.74. The molecular formula is C23H25NO4S2. The smallest absolute Gasteiger partial charge is 0.270 e. The molecule has 3 rings (SSSR count). The van der Waals surface area contributed by atoms with Crippen LogP contribution in [0.3, 0.4) is 0 Å². The van der Waals surface area contributed by atoms with Gasteiger partial charge in [-0.25, -0.2) is 0 Å². The minimum Gasteiger partial charge on any atom is -0.494 e. The molecule has 0 radical (unpaired) electrons. The number of anilines is 1. The number of methoxy groups -OCH3 is 1. The molecule has 1 amide bonds. The van der Waals surface area contributed by atoms with Crippen LogP contribution in [-0.2, 0) is 4.79 Å². The molecule has 1 fully saturated rings. The van der Waals surface area contributed by atoms with E-state index in [0.29, 0.717) is 27.3 Å². The summed E-state index contributed by atoms with van der Waals surface area (Å²) in [5.41, 5.74) is 1.56. The van der Waals surface area contributed by atoms with Gasteiger partial charge in [0.05, 0.1) is 30.4 Å². The fourth-order valence-electron chi connectivity index (χ4n) is 2.87. The molecule has 0 aliphatic carbocycles. The summed E-state index contributed by atoms with van der Waals surface area (Å²) in [4.78, 5) is 15.1. The summed E-state index contributed by atoms with van der Waals surface area (Å²) in [5.74, 6) is 1.93. The fourth-order valence-corrected chi connectivity index (χ4v) is 4.17. The zero-order chi connectivity index (χ0) is 21.7. The van der Waals surface area contributed by atoms with Gasteiger partial charge in [0.15, 0.2) is 15.8 Å². The monoisotopic (exact) mass is 443 g/mol. The van der Waals surface area contributed by atoms with E-state index >= 15 is 0 Å². The van der Waals surface area contributed by atoms with Crippen LogP contribution in [0.5, 0.6) is 17.2 Å². The van der Waals surface area contributed by atoms with E-state index in [-0.39, 0.29) is 12.0 Å². The van der Waals surface area contributed by atoms with Crippen molar-refractivity contribution in [2.24, 2.45) is 0 Å². The molecule has 0 bridgehead atoms. The predicted molar refractivity (Wildman–Crippen MR) is 127 cm³/mol. The van der Waals surface area contributed by atoms with Crippen molar-refractivity contribution >= 4 is 46.0 Å². The maximum atomic E-state index is 13.0. The summed E-state index contributed by atoms with van der Waals surface area (Å²) in [7, 11) is 1.61. The average molecular weight is 444 g/mol. The number of ether oxygens (including phenoxy) is 3. The molecule has 1 heterocycles. The number of thioether (sulfide) groups is 1. The summed E-state index contributed by atoms with van der Waals surface area (Å²) in [6.07, 6.45) is 2.82. The topological polar surface area (TPSA) is 48.0 Å². The van der Waals surface area contributed by atoms with Crippen LogP contribution >= 0.6 is 24.0 Å². The Morgan fingerprint density at radius 2 is 1.87 bits per heavy atom. The lowest BCUT2D eigenvalue weighted by molar-refractivity contribution is -0.113. The normalized spacial score (nSPS) is 16.1. The SMILES string of the molecule is CCOc1ccc(N2C(=O)/C(=C/c3ccc(O[C@H](C)CC)c(OC)c3)SC2=S)cc1. The van der Waals surface area contributed by atoms with Gasteiger partial charge in [0.1, 0.15) is 5.75 Å². The molecule has 2 aromatic rings. The van der Waals surface area contributed by atoms with Crippen LogP contribution in [0.2, 0.25) is 0 Å². The molecule has 158 valence electrons. The maximum absolute atomic E-state index is 13.0. The highest BCUT2D eigenvalue weighted by Crippen LogP contribution is 2.37. The first-order valence-electron chi connectivity index (χ1n) is 9.82. The van der Waals surface area contributed by atoms with Crippen LogP contribution in [0.4, 0.5) is 5.69 Å². The minimum absolute atomic E-state index is 0.0927. The molecule has 1 aliphatic heterocycles. The quantitative estimate of drug-likeness (QED) is 0.387. The number of hydrogen-bond donors (Lipinski definition) is 0. The minimum atomic E-state index is -0.145. The number of nitrogens with zero attached hydrogens (tertiary/aromatic N) is 1. The molecular weight excluding hydrogens is 418 g/mol. The highest BCUT2D eigenvalue weighted by atomic mass is 32.2. The summed E-state index contributed by atoms with van der Waals surface area (Å²) in [6.45, 7) is 6.60.